The van der Waals surface area contributed by atoms with Gasteiger partial charge in [-0.15, -0.1) is 0 Å². The predicted molar refractivity (Wildman–Crippen MR) is 117 cm³/mol. The van der Waals surface area contributed by atoms with E-state index in [0.717, 1.165) is 11.3 Å². The zero-order chi connectivity index (χ0) is 21.5. The summed E-state index contributed by atoms with van der Waals surface area (Å²) in [4.78, 5) is 29.0. The van der Waals surface area contributed by atoms with Gasteiger partial charge in [-0.3, -0.25) is 10.1 Å². The number of aromatic amines is 1. The van der Waals surface area contributed by atoms with Crippen LogP contribution in [0.15, 0.2) is 71.7 Å². The highest BCUT2D eigenvalue weighted by Gasteiger charge is 2.15. The van der Waals surface area contributed by atoms with Crippen molar-refractivity contribution in [2.24, 2.45) is 0 Å². The van der Waals surface area contributed by atoms with E-state index < -0.39 is 17.8 Å². The van der Waals surface area contributed by atoms with E-state index >= 15 is 0 Å². The summed E-state index contributed by atoms with van der Waals surface area (Å²) in [5, 5.41) is 15.9. The second-order valence-corrected chi connectivity index (χ2v) is 6.82. The van der Waals surface area contributed by atoms with Crippen LogP contribution in [-0.2, 0) is 0 Å². The fraction of sp³-hybridized carbons (Fsp3) is 0.182. The van der Waals surface area contributed by atoms with Gasteiger partial charge in [0.15, 0.2) is 0 Å². The first-order chi connectivity index (χ1) is 14.4. The lowest BCUT2D eigenvalue weighted by molar-refractivity contribution is 0.191. The second kappa shape index (κ2) is 9.62. The maximum atomic E-state index is 12.4. The number of H-pyrrole nitrogens is 1. The molecule has 1 atom stereocenters. The summed E-state index contributed by atoms with van der Waals surface area (Å²) in [6.45, 7) is 0.135. The maximum absolute atomic E-state index is 12.4. The first-order valence-electron chi connectivity index (χ1n) is 9.39. The van der Waals surface area contributed by atoms with Gasteiger partial charge in [0, 0.05) is 38.2 Å². The maximum Gasteiger partial charge on any atom is 0.417 e. The summed E-state index contributed by atoms with van der Waals surface area (Å²) >= 11 is 0. The Balaban J connectivity index is 1.69. The summed E-state index contributed by atoms with van der Waals surface area (Å²) < 4.78 is 5.27. The normalized spacial score (nSPS) is 11.4. The van der Waals surface area contributed by atoms with E-state index in [9.17, 15) is 14.7 Å². The lowest BCUT2D eigenvalue weighted by Gasteiger charge is -2.16. The van der Waals surface area contributed by atoms with Gasteiger partial charge in [-0.05, 0) is 29.8 Å². The number of hydrogen-bond acceptors (Lipinski definition) is 6. The van der Waals surface area contributed by atoms with Crippen molar-refractivity contribution in [1.29, 1.82) is 0 Å². The highest BCUT2D eigenvalue weighted by molar-refractivity contribution is 5.87. The largest absolute Gasteiger partial charge is 0.417 e. The molecule has 3 rings (SSSR count). The summed E-state index contributed by atoms with van der Waals surface area (Å²) in [5.41, 5.74) is 1.91. The molecule has 0 aliphatic rings. The summed E-state index contributed by atoms with van der Waals surface area (Å²) in [6.07, 6.45) is -0.152. The van der Waals surface area contributed by atoms with Crippen molar-refractivity contribution < 1.29 is 14.6 Å². The van der Waals surface area contributed by atoms with Crippen LogP contribution < -0.4 is 25.8 Å². The highest BCUT2D eigenvalue weighted by Crippen LogP contribution is 2.22. The number of aliphatic hydroxyl groups excluding tert-OH is 1. The molecule has 1 heterocycles. The first kappa shape index (κ1) is 20.9. The van der Waals surface area contributed by atoms with Gasteiger partial charge >= 0.3 is 6.09 Å². The Morgan fingerprint density at radius 2 is 1.90 bits per heavy atom. The number of pyridine rings is 1. The average molecular weight is 408 g/mol. The van der Waals surface area contributed by atoms with E-state index in [0.29, 0.717) is 11.4 Å². The molecular weight excluding hydrogens is 384 g/mol. The molecule has 30 heavy (non-hydrogen) atoms. The lowest BCUT2D eigenvalue weighted by atomic mass is 10.1. The monoisotopic (exact) mass is 408 g/mol. The van der Waals surface area contributed by atoms with Crippen molar-refractivity contribution in [2.75, 3.05) is 36.2 Å². The number of anilines is 3. The van der Waals surface area contributed by atoms with Crippen LogP contribution in [0.5, 0.6) is 5.75 Å². The number of aromatic nitrogens is 1. The topological polar surface area (TPSA) is 107 Å². The minimum atomic E-state index is -0.797. The van der Waals surface area contributed by atoms with Gasteiger partial charge in [-0.1, -0.05) is 36.4 Å². The van der Waals surface area contributed by atoms with E-state index in [2.05, 4.69) is 15.6 Å². The molecule has 0 saturated heterocycles. The highest BCUT2D eigenvalue weighted by atomic mass is 16.6. The van der Waals surface area contributed by atoms with Crippen molar-refractivity contribution >= 4 is 23.2 Å². The van der Waals surface area contributed by atoms with E-state index in [1.807, 2.05) is 43.3 Å². The molecule has 156 valence electrons. The third-order valence-electron chi connectivity index (χ3n) is 4.39. The number of amides is 1. The van der Waals surface area contributed by atoms with Crippen LogP contribution >= 0.6 is 0 Å². The Labute approximate surface area is 174 Å². The number of carbonyl (C=O) groups is 1. The van der Waals surface area contributed by atoms with Gasteiger partial charge in [0.25, 0.3) is 5.56 Å². The minimum Gasteiger partial charge on any atom is -0.402 e. The van der Waals surface area contributed by atoms with E-state index in [1.54, 1.807) is 36.4 Å². The van der Waals surface area contributed by atoms with Gasteiger partial charge in [-0.25, -0.2) is 4.79 Å². The van der Waals surface area contributed by atoms with Crippen LogP contribution in [0.25, 0.3) is 0 Å². The van der Waals surface area contributed by atoms with Crippen molar-refractivity contribution in [3.8, 4) is 5.75 Å². The number of ether oxygens (including phenoxy) is 1. The van der Waals surface area contributed by atoms with Crippen LogP contribution in [0, 0.1) is 0 Å². The zero-order valence-electron chi connectivity index (χ0n) is 16.8. The first-order valence-corrected chi connectivity index (χ1v) is 9.39. The van der Waals surface area contributed by atoms with Gasteiger partial charge in [0.1, 0.15) is 0 Å². The van der Waals surface area contributed by atoms with Crippen LogP contribution in [0.2, 0.25) is 0 Å². The SMILES string of the molecule is CN(C)c1cccc(NC(=O)Oc2c(NC[C@@H](O)c3ccccc3)cc[nH]c2=O)c1. The molecule has 0 fully saturated rings. The van der Waals surface area contributed by atoms with Gasteiger partial charge in [0.05, 0.1) is 11.8 Å². The summed E-state index contributed by atoms with van der Waals surface area (Å²) in [7, 11) is 3.78. The molecule has 1 amide bonds. The third-order valence-corrected chi connectivity index (χ3v) is 4.39. The number of aliphatic hydroxyl groups is 1. The van der Waals surface area contributed by atoms with Crippen LogP contribution in [0.4, 0.5) is 21.9 Å². The molecule has 0 spiro atoms. The second-order valence-electron chi connectivity index (χ2n) is 6.82. The van der Waals surface area contributed by atoms with Crippen LogP contribution in [0.1, 0.15) is 11.7 Å². The Morgan fingerprint density at radius 1 is 1.13 bits per heavy atom. The Kier molecular flexibility index (Phi) is 6.71. The van der Waals surface area contributed by atoms with Crippen LogP contribution in [0.3, 0.4) is 0 Å². The average Bonchev–Trinajstić information content (AvgIpc) is 2.74. The molecule has 0 aliphatic heterocycles. The molecule has 1 aromatic heterocycles. The van der Waals surface area contributed by atoms with E-state index in [-0.39, 0.29) is 12.3 Å². The number of benzene rings is 2. The number of carbonyl (C=O) groups excluding carboxylic acids is 1. The Morgan fingerprint density at radius 3 is 2.63 bits per heavy atom. The Hall–Kier alpha value is -3.78. The van der Waals surface area contributed by atoms with E-state index in [1.165, 1.54) is 6.20 Å². The van der Waals surface area contributed by atoms with Crippen molar-refractivity contribution in [3.05, 3.63) is 82.8 Å². The molecule has 8 heteroatoms. The number of hydrogen-bond donors (Lipinski definition) is 4. The minimum absolute atomic E-state index is 0.135. The molecule has 0 bridgehead atoms. The summed E-state index contributed by atoms with van der Waals surface area (Å²) in [5.74, 6) is -0.181. The van der Waals surface area contributed by atoms with Crippen LogP contribution in [-0.4, -0.2) is 36.8 Å². The lowest BCUT2D eigenvalue weighted by Crippen LogP contribution is -2.23. The predicted octanol–water partition coefficient (Wildman–Crippen LogP) is 3.20. The molecule has 2 aromatic carbocycles. The molecule has 0 saturated carbocycles. The number of nitrogens with one attached hydrogen (secondary N) is 3. The number of rotatable bonds is 7. The van der Waals surface area contributed by atoms with Gasteiger partial charge in [0.2, 0.25) is 5.75 Å². The molecular formula is C22H24N4O4. The molecule has 8 nitrogen and oxygen atoms in total. The third kappa shape index (κ3) is 5.39. The van der Waals surface area contributed by atoms with Gasteiger partial charge in [-0.2, -0.15) is 0 Å². The van der Waals surface area contributed by atoms with Crippen molar-refractivity contribution in [3.63, 3.8) is 0 Å². The summed E-state index contributed by atoms with van der Waals surface area (Å²) in [6, 6.07) is 17.9. The van der Waals surface area contributed by atoms with Crippen molar-refractivity contribution in [2.45, 2.75) is 6.10 Å². The molecule has 3 aromatic rings. The molecule has 4 N–H and O–H groups in total. The Bertz CT molecular complexity index is 1050. The molecule has 0 radical (unpaired) electrons. The molecule has 0 unspecified atom stereocenters. The smallest absolute Gasteiger partial charge is 0.402 e. The quantitative estimate of drug-likeness (QED) is 0.478. The fourth-order valence-electron chi connectivity index (χ4n) is 2.80. The van der Waals surface area contributed by atoms with E-state index in [4.69, 9.17) is 4.74 Å². The molecule has 0 aliphatic carbocycles. The van der Waals surface area contributed by atoms with Gasteiger partial charge < -0.3 is 25.0 Å². The number of nitrogens with zero attached hydrogens (tertiary/aromatic N) is 1. The zero-order valence-corrected chi connectivity index (χ0v) is 16.8. The van der Waals surface area contributed by atoms with Crippen molar-refractivity contribution in [1.82, 2.24) is 4.98 Å². The standard InChI is InChI=1S/C22H24N4O4/c1-26(2)17-10-6-9-16(13-17)25-22(29)30-20-18(11-12-23-21(20)28)24-14-19(27)15-7-4-3-5-8-15/h3-13,19,27H,14H2,1-2H3,(H,25,29)(H2,23,24,28)/t19-/m1/s1. The fourth-order valence-corrected chi connectivity index (χ4v) is 2.80.